The lowest BCUT2D eigenvalue weighted by Crippen LogP contribution is -2.56. The number of hydrogen-bond donors (Lipinski definition) is 1. The Kier molecular flexibility index (Phi) is 4.16. The van der Waals surface area contributed by atoms with Gasteiger partial charge >= 0.3 is 5.97 Å². The molecule has 0 aromatic rings. The highest BCUT2D eigenvalue weighted by Crippen LogP contribution is 2.47. The van der Waals surface area contributed by atoms with Crippen LogP contribution in [-0.2, 0) is 14.4 Å². The summed E-state index contributed by atoms with van der Waals surface area (Å²) in [5, 5.41) is 9.37. The molecule has 2 unspecified atom stereocenters. The normalized spacial score (nSPS) is 25.0. The van der Waals surface area contributed by atoms with Crippen molar-refractivity contribution in [2.24, 2.45) is 11.3 Å². The Hall–Kier alpha value is -1.39. The fourth-order valence-electron chi connectivity index (χ4n) is 3.63. The van der Waals surface area contributed by atoms with Gasteiger partial charge in [0.2, 0.25) is 11.8 Å². The van der Waals surface area contributed by atoms with Gasteiger partial charge in [-0.15, -0.1) is 0 Å². The number of carbonyl (C=O) groups excluding carboxylic acids is 2. The van der Waals surface area contributed by atoms with E-state index in [1.807, 2.05) is 6.92 Å². The van der Waals surface area contributed by atoms with E-state index in [0.29, 0.717) is 19.3 Å². The smallest absolute Gasteiger partial charge is 0.327 e. The van der Waals surface area contributed by atoms with Crippen LogP contribution in [0.15, 0.2) is 0 Å². The van der Waals surface area contributed by atoms with E-state index < -0.39 is 12.0 Å². The molecule has 2 fully saturated rings. The van der Waals surface area contributed by atoms with Crippen molar-refractivity contribution in [3.63, 3.8) is 0 Å². The zero-order chi connectivity index (χ0) is 14.9. The number of hydrogen-bond acceptors (Lipinski definition) is 3. The maximum absolute atomic E-state index is 12.4. The number of carboxylic acids is 1. The summed E-state index contributed by atoms with van der Waals surface area (Å²) in [6.45, 7) is 3.65. The van der Waals surface area contributed by atoms with E-state index in [0.717, 1.165) is 30.6 Å². The Morgan fingerprint density at radius 1 is 1.25 bits per heavy atom. The monoisotopic (exact) mass is 281 g/mol. The molecular weight excluding hydrogens is 258 g/mol. The Morgan fingerprint density at radius 2 is 1.75 bits per heavy atom. The number of piperidine rings is 1. The second-order valence-electron chi connectivity index (χ2n) is 6.39. The van der Waals surface area contributed by atoms with Crippen LogP contribution in [0.25, 0.3) is 0 Å². The molecule has 1 aliphatic carbocycles. The average Bonchev–Trinajstić information content (AvgIpc) is 2.80. The van der Waals surface area contributed by atoms with Crippen LogP contribution >= 0.6 is 0 Å². The molecule has 1 aliphatic heterocycles. The predicted molar refractivity (Wildman–Crippen MR) is 72.9 cm³/mol. The molecule has 0 radical (unpaired) electrons. The van der Waals surface area contributed by atoms with Crippen LogP contribution in [0, 0.1) is 11.3 Å². The van der Waals surface area contributed by atoms with Crippen molar-refractivity contribution in [3.05, 3.63) is 0 Å². The van der Waals surface area contributed by atoms with Crippen LogP contribution in [0.4, 0.5) is 0 Å². The van der Waals surface area contributed by atoms with Gasteiger partial charge in [0.1, 0.15) is 6.04 Å². The average molecular weight is 281 g/mol. The van der Waals surface area contributed by atoms with Crippen molar-refractivity contribution in [1.29, 1.82) is 0 Å². The van der Waals surface area contributed by atoms with Crippen molar-refractivity contribution in [2.75, 3.05) is 0 Å². The molecule has 5 heteroatoms. The van der Waals surface area contributed by atoms with Gasteiger partial charge in [0.15, 0.2) is 0 Å². The highest BCUT2D eigenvalue weighted by Gasteiger charge is 2.49. The number of aliphatic carboxylic acids is 1. The van der Waals surface area contributed by atoms with E-state index in [2.05, 4.69) is 0 Å². The molecule has 2 aliphatic rings. The van der Waals surface area contributed by atoms with Gasteiger partial charge in [-0.05, 0) is 24.2 Å². The van der Waals surface area contributed by atoms with Gasteiger partial charge in [0.25, 0.3) is 0 Å². The standard InChI is InChI=1S/C15H23NO4/c1-3-10(2)13(14(19)20)16-11(17)8-15(9-12(16)18)6-4-5-7-15/h10,13H,3-9H2,1-2H3,(H,19,20). The van der Waals surface area contributed by atoms with Crippen molar-refractivity contribution in [1.82, 2.24) is 4.90 Å². The largest absolute Gasteiger partial charge is 0.480 e. The number of carboxylic acid groups (broad SMARTS) is 1. The highest BCUT2D eigenvalue weighted by atomic mass is 16.4. The third kappa shape index (κ3) is 2.58. The zero-order valence-electron chi connectivity index (χ0n) is 12.2. The van der Waals surface area contributed by atoms with E-state index >= 15 is 0 Å². The fraction of sp³-hybridized carbons (Fsp3) is 0.800. The number of nitrogens with zero attached hydrogens (tertiary/aromatic N) is 1. The molecule has 112 valence electrons. The highest BCUT2D eigenvalue weighted by molar-refractivity contribution is 6.02. The quantitative estimate of drug-likeness (QED) is 0.802. The summed E-state index contributed by atoms with van der Waals surface area (Å²) in [5.41, 5.74) is -0.177. The maximum Gasteiger partial charge on any atom is 0.327 e. The summed E-state index contributed by atoms with van der Waals surface area (Å²) in [5.74, 6) is -1.90. The molecule has 0 aromatic heterocycles. The van der Waals surface area contributed by atoms with Gasteiger partial charge in [0.05, 0.1) is 0 Å². The minimum absolute atomic E-state index is 0.177. The van der Waals surface area contributed by atoms with Crippen molar-refractivity contribution < 1.29 is 19.5 Å². The first-order valence-corrected chi connectivity index (χ1v) is 7.48. The first-order chi connectivity index (χ1) is 9.40. The van der Waals surface area contributed by atoms with Crippen molar-refractivity contribution >= 4 is 17.8 Å². The van der Waals surface area contributed by atoms with E-state index in [9.17, 15) is 19.5 Å². The van der Waals surface area contributed by atoms with Gasteiger partial charge in [-0.2, -0.15) is 0 Å². The maximum atomic E-state index is 12.4. The predicted octanol–water partition coefficient (Wildman–Crippen LogP) is 2.20. The van der Waals surface area contributed by atoms with Crippen LogP contribution in [0.5, 0.6) is 0 Å². The summed E-state index contributed by atoms with van der Waals surface area (Å²) >= 11 is 0. The van der Waals surface area contributed by atoms with Gasteiger partial charge in [0, 0.05) is 12.8 Å². The zero-order valence-corrected chi connectivity index (χ0v) is 12.2. The molecule has 20 heavy (non-hydrogen) atoms. The summed E-state index contributed by atoms with van der Waals surface area (Å²) < 4.78 is 0. The molecule has 0 bridgehead atoms. The van der Waals surface area contributed by atoms with Crippen LogP contribution in [0.2, 0.25) is 0 Å². The minimum Gasteiger partial charge on any atom is -0.480 e. The van der Waals surface area contributed by atoms with E-state index in [1.54, 1.807) is 6.92 Å². The Morgan fingerprint density at radius 3 is 2.15 bits per heavy atom. The number of rotatable bonds is 4. The van der Waals surface area contributed by atoms with E-state index in [4.69, 9.17) is 0 Å². The third-order valence-electron chi connectivity index (χ3n) is 4.97. The lowest BCUT2D eigenvalue weighted by atomic mass is 9.75. The van der Waals surface area contributed by atoms with Gasteiger partial charge in [-0.1, -0.05) is 33.1 Å². The molecule has 2 amide bonds. The van der Waals surface area contributed by atoms with Gasteiger partial charge in [-0.25, -0.2) is 4.79 Å². The molecule has 1 saturated carbocycles. The fourth-order valence-corrected chi connectivity index (χ4v) is 3.63. The number of likely N-dealkylation sites (tertiary alicyclic amines) is 1. The molecule has 2 rings (SSSR count). The van der Waals surface area contributed by atoms with Crippen LogP contribution in [-0.4, -0.2) is 33.8 Å². The molecule has 1 spiro atoms. The van der Waals surface area contributed by atoms with Gasteiger partial charge in [-0.3, -0.25) is 14.5 Å². The lowest BCUT2D eigenvalue weighted by molar-refractivity contribution is -0.166. The topological polar surface area (TPSA) is 74.7 Å². The molecule has 1 heterocycles. The third-order valence-corrected chi connectivity index (χ3v) is 4.97. The van der Waals surface area contributed by atoms with Crippen molar-refractivity contribution in [2.45, 2.75) is 64.8 Å². The molecule has 2 atom stereocenters. The second-order valence-corrected chi connectivity index (χ2v) is 6.39. The van der Waals surface area contributed by atoms with Crippen LogP contribution in [0.1, 0.15) is 58.8 Å². The van der Waals surface area contributed by atoms with Crippen molar-refractivity contribution in [3.8, 4) is 0 Å². The number of imide groups is 1. The number of amides is 2. The molecule has 1 saturated heterocycles. The first kappa shape index (κ1) is 15.0. The minimum atomic E-state index is -1.08. The second kappa shape index (κ2) is 5.54. The SMILES string of the molecule is CCC(C)C(C(=O)O)N1C(=O)CC2(CCCC2)CC1=O. The number of carbonyl (C=O) groups is 3. The summed E-state index contributed by atoms with van der Waals surface area (Å²) in [7, 11) is 0. The lowest BCUT2D eigenvalue weighted by Gasteiger charge is -2.40. The molecule has 1 N–H and O–H groups in total. The molecule has 0 aromatic carbocycles. The molecule has 5 nitrogen and oxygen atoms in total. The Labute approximate surface area is 119 Å². The molecular formula is C15H23NO4. The van der Waals surface area contributed by atoms with Gasteiger partial charge < -0.3 is 5.11 Å². The van der Waals surface area contributed by atoms with E-state index in [1.165, 1.54) is 0 Å². The van der Waals surface area contributed by atoms with E-state index in [-0.39, 0.29) is 23.1 Å². The summed E-state index contributed by atoms with van der Waals surface area (Å²) in [6, 6.07) is -1.02. The summed E-state index contributed by atoms with van der Waals surface area (Å²) in [4.78, 5) is 37.2. The van der Waals surface area contributed by atoms with Crippen LogP contribution in [0.3, 0.4) is 0 Å². The summed E-state index contributed by atoms with van der Waals surface area (Å²) in [6.07, 6.45) is 5.25. The first-order valence-electron chi connectivity index (χ1n) is 7.48. The Balaban J connectivity index is 2.22. The Bertz CT molecular complexity index is 406. The van der Waals surface area contributed by atoms with Crippen LogP contribution < -0.4 is 0 Å².